The smallest absolute Gasteiger partial charge is 0.154 e. The Balaban J connectivity index is -0.0000000241. The van der Waals surface area contributed by atoms with Gasteiger partial charge in [-0.25, -0.2) is 0 Å². The quantitative estimate of drug-likeness (QED) is 0.128. The van der Waals surface area contributed by atoms with E-state index in [1.165, 1.54) is 0 Å². The second-order valence-electron chi connectivity index (χ2n) is 8.85. The maximum atomic E-state index is 8.69. The Hall–Kier alpha value is 2.95. The zero-order valence-electron chi connectivity index (χ0n) is 26.0. The third-order valence-electron chi connectivity index (χ3n) is 4.27. The summed E-state index contributed by atoms with van der Waals surface area (Å²) in [6.45, 7) is 15.0. The second kappa shape index (κ2) is 81.2. The minimum Gasteiger partial charge on any atom is -0.396 e. The molecule has 2 fully saturated rings. The molecule has 2 aliphatic rings. The van der Waals surface area contributed by atoms with Crippen molar-refractivity contribution in [3.05, 3.63) is 0 Å². The molecule has 2 saturated heterocycles. The second-order valence-corrected chi connectivity index (χ2v) is 8.85. The molecular weight excluding hydrogens is 807 g/mol. The van der Waals surface area contributed by atoms with E-state index in [0.29, 0.717) is 32.3 Å². The monoisotopic (exact) mass is 893 g/mol. The van der Waals surface area contributed by atoms with Crippen LogP contribution in [0, 0.1) is 5.92 Å². The van der Waals surface area contributed by atoms with Crippen molar-refractivity contribution >= 4 is 0 Å². The van der Waals surface area contributed by atoms with Gasteiger partial charge in [0.25, 0.3) is 0 Å². The summed E-state index contributed by atoms with van der Waals surface area (Å²) in [5, 5.41) is 50.0. The van der Waals surface area contributed by atoms with E-state index < -0.39 is 18.9 Å². The summed E-state index contributed by atoms with van der Waals surface area (Å²) < 4.78 is 14.4. The summed E-state index contributed by atoms with van der Waals surface area (Å²) in [5.74, 6) is 0.504. The molecule has 45 heavy (non-hydrogen) atoms. The first kappa shape index (κ1) is 86.5. The predicted octanol–water partition coefficient (Wildman–Crippen LogP) is 7.76. The molecule has 2 aliphatic heterocycles. The van der Waals surface area contributed by atoms with E-state index in [1.807, 2.05) is 13.8 Å². The molecule has 2 heterocycles. The minimum atomic E-state index is -0.614. The summed E-state index contributed by atoms with van der Waals surface area (Å²) in [5.41, 5.74) is 0. The van der Waals surface area contributed by atoms with E-state index in [0.717, 1.165) is 83.8 Å². The standard InChI is InChI=1S/C6H14O2.C5H10O2.C4H8O2.3C4H10O.6CH4.3Y/c1-5(2)4-8-6(3)7;6-5-3-1-2-4-7-5;5-4-2-1-3-6-4;3*1-2-3-4-5;;;;;;;;;/h5-7H,4H2,1-3H3;5-6H,1-4H2;4-5H,1-3H2;3*5H,2-4H2,1H3;6*1H4;;;. The molecule has 3 unspecified atom stereocenters. The van der Waals surface area contributed by atoms with Crippen molar-refractivity contribution in [1.82, 2.24) is 0 Å². The molecule has 0 spiro atoms. The van der Waals surface area contributed by atoms with E-state index >= 15 is 0 Å². The molecule has 0 amide bonds. The van der Waals surface area contributed by atoms with Crippen LogP contribution in [0.3, 0.4) is 0 Å². The number of rotatable bonds is 9. The zero-order valence-corrected chi connectivity index (χ0v) is 34.5. The molecule has 3 radical (unpaired) electrons. The fraction of sp³-hybridized carbons (Fsp3) is 1.00. The van der Waals surface area contributed by atoms with Crippen molar-refractivity contribution in [2.75, 3.05) is 39.6 Å². The number of unbranched alkanes of at least 4 members (excludes halogenated alkanes) is 3. The van der Waals surface area contributed by atoms with Gasteiger partial charge < -0.3 is 44.8 Å². The average molecular weight is 894 g/mol. The Bertz CT molecular complexity index is 323. The number of aliphatic hydroxyl groups is 6. The van der Waals surface area contributed by atoms with Crippen molar-refractivity contribution in [3.8, 4) is 0 Å². The van der Waals surface area contributed by atoms with Crippen LogP contribution in [0.2, 0.25) is 0 Å². The summed E-state index contributed by atoms with van der Waals surface area (Å²) >= 11 is 0. The summed E-state index contributed by atoms with van der Waals surface area (Å²) in [6.07, 6.45) is 9.46. The van der Waals surface area contributed by atoms with Crippen molar-refractivity contribution < 1.29 is 143 Å². The van der Waals surface area contributed by atoms with Crippen molar-refractivity contribution in [3.63, 3.8) is 0 Å². The number of aliphatic hydroxyl groups excluding tert-OH is 6. The SMILES string of the molecule is C.C.C.C.C.C.CC(C)COC(C)O.CCCCO.CCCCO.CCCCO.OC1CCCCO1.OC1CCCO1.[Y].[Y].[Y]. The van der Waals surface area contributed by atoms with Gasteiger partial charge in [0.05, 0.1) is 6.61 Å². The first-order valence-electron chi connectivity index (χ1n) is 13.9. The maximum Gasteiger partial charge on any atom is 0.154 e. The Morgan fingerprint density at radius 3 is 1.00 bits per heavy atom. The fourth-order valence-corrected chi connectivity index (χ4v) is 2.09. The van der Waals surface area contributed by atoms with Crippen LogP contribution in [0.4, 0.5) is 0 Å². The first-order valence-corrected chi connectivity index (χ1v) is 13.9. The van der Waals surface area contributed by atoms with Gasteiger partial charge >= 0.3 is 0 Å². The van der Waals surface area contributed by atoms with Gasteiger partial charge in [0.1, 0.15) is 0 Å². The third kappa shape index (κ3) is 113. The van der Waals surface area contributed by atoms with Gasteiger partial charge in [-0.1, -0.05) is 98.4 Å². The van der Waals surface area contributed by atoms with Crippen LogP contribution >= 0.6 is 0 Å². The largest absolute Gasteiger partial charge is 0.396 e. The Labute approximate surface area is 360 Å². The number of ether oxygens (including phenoxy) is 3. The predicted molar refractivity (Wildman–Crippen MR) is 186 cm³/mol. The minimum absolute atomic E-state index is 0. The van der Waals surface area contributed by atoms with Crippen molar-refractivity contribution in [1.29, 1.82) is 0 Å². The maximum absolute atomic E-state index is 8.69. The van der Waals surface area contributed by atoms with Gasteiger partial charge in [0.2, 0.25) is 0 Å². The molecule has 0 aromatic rings. The molecule has 0 saturated carbocycles. The van der Waals surface area contributed by atoms with Gasteiger partial charge in [-0.15, -0.1) is 0 Å². The van der Waals surface area contributed by atoms with Crippen LogP contribution in [-0.4, -0.2) is 89.2 Å². The molecule has 0 bridgehead atoms. The van der Waals surface area contributed by atoms with Gasteiger partial charge in [0.15, 0.2) is 18.9 Å². The number of hydrogen-bond acceptors (Lipinski definition) is 9. The fourth-order valence-electron chi connectivity index (χ4n) is 2.09. The molecular formula is C33H86O9Y3. The average Bonchev–Trinajstić information content (AvgIpc) is 3.33. The van der Waals surface area contributed by atoms with E-state index in [-0.39, 0.29) is 143 Å². The molecule has 3 atom stereocenters. The Morgan fingerprint density at radius 2 is 0.911 bits per heavy atom. The van der Waals surface area contributed by atoms with Gasteiger partial charge in [0, 0.05) is 138 Å². The summed E-state index contributed by atoms with van der Waals surface area (Å²) in [4.78, 5) is 0. The van der Waals surface area contributed by atoms with Crippen LogP contribution < -0.4 is 0 Å². The van der Waals surface area contributed by atoms with Crippen LogP contribution in [0.25, 0.3) is 0 Å². The molecule has 0 aromatic carbocycles. The van der Waals surface area contributed by atoms with Gasteiger partial charge in [-0.3, -0.25) is 0 Å². The van der Waals surface area contributed by atoms with Crippen LogP contribution in [0.1, 0.15) is 157 Å². The van der Waals surface area contributed by atoms with Crippen LogP contribution in [-0.2, 0) is 112 Å². The normalized spacial score (nSPS) is 15.1. The van der Waals surface area contributed by atoms with Gasteiger partial charge in [-0.2, -0.15) is 0 Å². The summed E-state index contributed by atoms with van der Waals surface area (Å²) in [7, 11) is 0. The van der Waals surface area contributed by atoms with E-state index in [2.05, 4.69) is 20.8 Å². The first-order chi connectivity index (χ1) is 17.2. The topological polar surface area (TPSA) is 149 Å². The van der Waals surface area contributed by atoms with Crippen LogP contribution in [0.15, 0.2) is 0 Å². The molecule has 2 rings (SSSR count). The molecule has 0 aromatic heterocycles. The zero-order chi connectivity index (χ0) is 28.5. The Kier molecular flexibility index (Phi) is 156. The van der Waals surface area contributed by atoms with E-state index in [1.54, 1.807) is 6.92 Å². The van der Waals surface area contributed by atoms with Gasteiger partial charge in [-0.05, 0) is 57.8 Å². The summed E-state index contributed by atoms with van der Waals surface area (Å²) in [6, 6.07) is 0. The van der Waals surface area contributed by atoms with Crippen LogP contribution in [0.5, 0.6) is 0 Å². The third-order valence-corrected chi connectivity index (χ3v) is 4.27. The van der Waals surface area contributed by atoms with Crippen molar-refractivity contribution in [2.24, 2.45) is 5.92 Å². The molecule has 6 N–H and O–H groups in total. The van der Waals surface area contributed by atoms with E-state index in [4.69, 9.17) is 44.8 Å². The number of hydrogen-bond donors (Lipinski definition) is 6. The van der Waals surface area contributed by atoms with Crippen molar-refractivity contribution in [2.45, 2.75) is 176 Å². The van der Waals surface area contributed by atoms with E-state index in [9.17, 15) is 0 Å². The molecule has 0 aliphatic carbocycles. The molecule has 9 nitrogen and oxygen atoms in total. The molecule has 12 heteroatoms. The Morgan fingerprint density at radius 1 is 0.600 bits per heavy atom. The molecule has 281 valence electrons.